The Morgan fingerprint density at radius 2 is 1.08 bits per heavy atom. The number of hydrogen-bond donors (Lipinski definition) is 3. The third-order valence-electron chi connectivity index (χ3n) is 6.60. The van der Waals surface area contributed by atoms with Crippen molar-refractivity contribution in [2.75, 3.05) is 6.61 Å². The lowest BCUT2D eigenvalue weighted by Gasteiger charge is -2.19. The SMILES string of the molecule is CCCC/C=C/CC/C=C/CC/C=C/C(O)C(CO)NC(=O)CCCCCCCCCCCCCC. The fraction of sp³-hybridized carbons (Fsp3) is 0.781. The van der Waals surface area contributed by atoms with Crippen LogP contribution in [-0.4, -0.2) is 34.9 Å². The Bertz CT molecular complexity index is 556. The Morgan fingerprint density at radius 3 is 1.58 bits per heavy atom. The van der Waals surface area contributed by atoms with Gasteiger partial charge in [-0.2, -0.15) is 0 Å². The molecule has 4 nitrogen and oxygen atoms in total. The molecule has 0 fully saturated rings. The lowest BCUT2D eigenvalue weighted by molar-refractivity contribution is -0.123. The number of rotatable bonds is 26. The van der Waals surface area contributed by atoms with Gasteiger partial charge in [-0.1, -0.05) is 134 Å². The first-order valence-electron chi connectivity index (χ1n) is 15.2. The summed E-state index contributed by atoms with van der Waals surface area (Å²) in [5.74, 6) is -0.0831. The van der Waals surface area contributed by atoms with Crippen LogP contribution in [0.4, 0.5) is 0 Å². The second-order valence-electron chi connectivity index (χ2n) is 10.2. The van der Waals surface area contributed by atoms with Gasteiger partial charge in [-0.05, 0) is 38.5 Å². The molecule has 3 N–H and O–H groups in total. The summed E-state index contributed by atoms with van der Waals surface area (Å²) >= 11 is 0. The monoisotopic (exact) mass is 505 g/mol. The zero-order valence-corrected chi connectivity index (χ0v) is 23.8. The van der Waals surface area contributed by atoms with E-state index in [1.807, 2.05) is 6.08 Å². The van der Waals surface area contributed by atoms with Crippen LogP contribution in [0.2, 0.25) is 0 Å². The first kappa shape index (κ1) is 34.6. The van der Waals surface area contributed by atoms with Crippen LogP contribution in [0.3, 0.4) is 0 Å². The Kier molecular flexibility index (Phi) is 27.1. The molecule has 2 atom stereocenters. The van der Waals surface area contributed by atoms with Crippen LogP contribution >= 0.6 is 0 Å². The van der Waals surface area contributed by atoms with Crippen LogP contribution in [0.1, 0.15) is 142 Å². The van der Waals surface area contributed by atoms with Gasteiger partial charge in [0.1, 0.15) is 0 Å². The van der Waals surface area contributed by atoms with Gasteiger partial charge in [0.05, 0.1) is 18.8 Å². The van der Waals surface area contributed by atoms with E-state index in [0.29, 0.717) is 6.42 Å². The minimum atomic E-state index is -0.863. The maximum atomic E-state index is 12.2. The molecule has 0 radical (unpaired) electrons. The van der Waals surface area contributed by atoms with E-state index in [9.17, 15) is 15.0 Å². The van der Waals surface area contributed by atoms with Crippen molar-refractivity contribution in [3.05, 3.63) is 36.5 Å². The van der Waals surface area contributed by atoms with Crippen LogP contribution in [0.25, 0.3) is 0 Å². The Morgan fingerprint density at radius 1 is 0.639 bits per heavy atom. The van der Waals surface area contributed by atoms with Gasteiger partial charge >= 0.3 is 0 Å². The van der Waals surface area contributed by atoms with E-state index in [-0.39, 0.29) is 12.5 Å². The summed E-state index contributed by atoms with van der Waals surface area (Å²) < 4.78 is 0. The first-order chi connectivity index (χ1) is 17.7. The first-order valence-corrected chi connectivity index (χ1v) is 15.2. The molecule has 0 aromatic heterocycles. The second-order valence-corrected chi connectivity index (χ2v) is 10.2. The summed E-state index contributed by atoms with van der Waals surface area (Å²) in [6, 6.07) is -0.638. The summed E-state index contributed by atoms with van der Waals surface area (Å²) in [5, 5.41) is 22.7. The number of allylic oxidation sites excluding steroid dienone is 5. The number of amides is 1. The third kappa shape index (κ3) is 24.3. The lowest BCUT2D eigenvalue weighted by atomic mass is 10.0. The molecule has 0 saturated heterocycles. The van der Waals surface area contributed by atoms with Gasteiger partial charge in [0, 0.05) is 6.42 Å². The van der Waals surface area contributed by atoms with Gasteiger partial charge in [0.15, 0.2) is 0 Å². The molecule has 0 aliphatic heterocycles. The highest BCUT2D eigenvalue weighted by Crippen LogP contribution is 2.12. The maximum Gasteiger partial charge on any atom is 0.220 e. The minimum absolute atomic E-state index is 0.0831. The van der Waals surface area contributed by atoms with Crippen molar-refractivity contribution >= 4 is 5.91 Å². The number of carbonyl (C=O) groups is 1. The number of aliphatic hydroxyl groups excluding tert-OH is 2. The van der Waals surface area contributed by atoms with E-state index < -0.39 is 12.1 Å². The standard InChI is InChI=1S/C32H59NO3/c1-3-5-7-9-11-13-15-17-19-21-23-25-27-31(35)30(29-34)33-32(36)28-26-24-22-20-18-16-14-12-10-8-6-4-2/h9,11,17,19,25,27,30-31,34-35H,3-8,10,12-16,18,20-24,26,28-29H2,1-2H3,(H,33,36)/b11-9+,19-17+,27-25+. The van der Waals surface area contributed by atoms with Gasteiger partial charge in [0.25, 0.3) is 0 Å². The molecule has 210 valence electrons. The zero-order chi connectivity index (χ0) is 26.5. The molecular formula is C32H59NO3. The molecular weight excluding hydrogens is 446 g/mol. The van der Waals surface area contributed by atoms with Crippen LogP contribution in [0.5, 0.6) is 0 Å². The molecule has 0 aromatic rings. The number of unbranched alkanes of at least 4 members (excludes halogenated alkanes) is 15. The van der Waals surface area contributed by atoms with Gasteiger partial charge in [-0.25, -0.2) is 0 Å². The highest BCUT2D eigenvalue weighted by molar-refractivity contribution is 5.76. The highest BCUT2D eigenvalue weighted by Gasteiger charge is 2.17. The average molecular weight is 506 g/mol. The van der Waals surface area contributed by atoms with Crippen LogP contribution < -0.4 is 5.32 Å². The summed E-state index contributed by atoms with van der Waals surface area (Å²) in [5.41, 5.74) is 0. The summed E-state index contributed by atoms with van der Waals surface area (Å²) in [7, 11) is 0. The van der Waals surface area contributed by atoms with Crippen LogP contribution in [-0.2, 0) is 4.79 Å². The van der Waals surface area contributed by atoms with E-state index in [2.05, 4.69) is 43.5 Å². The highest BCUT2D eigenvalue weighted by atomic mass is 16.3. The average Bonchev–Trinajstić information content (AvgIpc) is 2.88. The molecule has 0 spiro atoms. The second kappa shape index (κ2) is 28.2. The predicted molar refractivity (Wildman–Crippen MR) is 156 cm³/mol. The number of hydrogen-bond acceptors (Lipinski definition) is 3. The molecule has 0 aliphatic carbocycles. The van der Waals surface area contributed by atoms with E-state index >= 15 is 0 Å². The zero-order valence-electron chi connectivity index (χ0n) is 23.8. The molecule has 0 rings (SSSR count). The van der Waals surface area contributed by atoms with Crippen molar-refractivity contribution < 1.29 is 15.0 Å². The summed E-state index contributed by atoms with van der Waals surface area (Å²) in [6.07, 6.45) is 35.0. The van der Waals surface area contributed by atoms with Crippen LogP contribution in [0.15, 0.2) is 36.5 Å². The molecule has 2 unspecified atom stereocenters. The van der Waals surface area contributed by atoms with Crippen molar-refractivity contribution in [3.8, 4) is 0 Å². The predicted octanol–water partition coefficient (Wildman–Crippen LogP) is 8.33. The Hall–Kier alpha value is -1.39. The fourth-order valence-electron chi connectivity index (χ4n) is 4.19. The summed E-state index contributed by atoms with van der Waals surface area (Å²) in [6.45, 7) is 4.21. The van der Waals surface area contributed by atoms with Crippen molar-refractivity contribution in [1.82, 2.24) is 5.32 Å². The number of aliphatic hydroxyl groups is 2. The van der Waals surface area contributed by atoms with E-state index in [1.165, 1.54) is 83.5 Å². The van der Waals surface area contributed by atoms with Crippen molar-refractivity contribution in [2.45, 2.75) is 154 Å². The molecule has 0 aliphatic rings. The van der Waals surface area contributed by atoms with Crippen molar-refractivity contribution in [3.63, 3.8) is 0 Å². The third-order valence-corrected chi connectivity index (χ3v) is 6.60. The molecule has 0 heterocycles. The topological polar surface area (TPSA) is 69.6 Å². The fourth-order valence-corrected chi connectivity index (χ4v) is 4.19. The van der Waals surface area contributed by atoms with Crippen molar-refractivity contribution in [2.24, 2.45) is 0 Å². The van der Waals surface area contributed by atoms with Crippen molar-refractivity contribution in [1.29, 1.82) is 0 Å². The van der Waals surface area contributed by atoms with Crippen LogP contribution in [0, 0.1) is 0 Å². The van der Waals surface area contributed by atoms with E-state index in [1.54, 1.807) is 6.08 Å². The Labute approximate surface area is 223 Å². The number of nitrogens with one attached hydrogen (secondary N) is 1. The van der Waals surface area contributed by atoms with E-state index in [4.69, 9.17) is 0 Å². The largest absolute Gasteiger partial charge is 0.394 e. The molecule has 0 aromatic carbocycles. The van der Waals surface area contributed by atoms with Gasteiger partial charge < -0.3 is 15.5 Å². The molecule has 36 heavy (non-hydrogen) atoms. The molecule has 0 bridgehead atoms. The van der Waals surface area contributed by atoms with Gasteiger partial charge in [0.2, 0.25) is 5.91 Å². The minimum Gasteiger partial charge on any atom is -0.394 e. The molecule has 1 amide bonds. The lowest BCUT2D eigenvalue weighted by Crippen LogP contribution is -2.45. The van der Waals surface area contributed by atoms with Gasteiger partial charge in [-0.15, -0.1) is 0 Å². The molecule has 0 saturated carbocycles. The summed E-state index contributed by atoms with van der Waals surface area (Å²) in [4.78, 5) is 12.2. The molecule has 4 heteroatoms. The quantitative estimate of drug-likeness (QED) is 0.0817. The van der Waals surface area contributed by atoms with E-state index in [0.717, 1.165) is 38.5 Å². The maximum absolute atomic E-state index is 12.2. The Balaban J connectivity index is 3.77. The normalized spacial score (nSPS) is 13.8. The number of carbonyl (C=O) groups excluding carboxylic acids is 1. The van der Waals surface area contributed by atoms with Gasteiger partial charge in [-0.3, -0.25) is 4.79 Å². The smallest absolute Gasteiger partial charge is 0.220 e.